The Morgan fingerprint density at radius 1 is 1.39 bits per heavy atom. The second-order valence-electron chi connectivity index (χ2n) is 4.83. The fraction of sp³-hybridized carbons (Fsp3) is 0.429. The van der Waals surface area contributed by atoms with E-state index in [1.54, 1.807) is 6.07 Å². The maximum absolute atomic E-state index is 6.27. The van der Waals surface area contributed by atoms with Crippen LogP contribution >= 0.6 is 23.2 Å². The van der Waals surface area contributed by atoms with Gasteiger partial charge in [-0.15, -0.1) is 0 Å². The molecule has 2 N–H and O–H groups in total. The van der Waals surface area contributed by atoms with Crippen LogP contribution in [-0.2, 0) is 6.42 Å². The van der Waals surface area contributed by atoms with E-state index in [4.69, 9.17) is 23.2 Å². The highest BCUT2D eigenvalue weighted by atomic mass is 35.5. The van der Waals surface area contributed by atoms with Crippen molar-refractivity contribution >= 4 is 34.1 Å². The van der Waals surface area contributed by atoms with Crippen LogP contribution in [0.25, 0.3) is 10.9 Å². The average Bonchev–Trinajstić information content (AvgIpc) is 2.69. The molecule has 0 amide bonds. The van der Waals surface area contributed by atoms with Gasteiger partial charge in [0.2, 0.25) is 0 Å². The fourth-order valence-corrected chi connectivity index (χ4v) is 3.51. The van der Waals surface area contributed by atoms with Gasteiger partial charge in [-0.1, -0.05) is 30.1 Å². The van der Waals surface area contributed by atoms with Crippen molar-refractivity contribution in [1.82, 2.24) is 10.3 Å². The number of hydrogen-bond acceptors (Lipinski definition) is 1. The van der Waals surface area contributed by atoms with Gasteiger partial charge in [-0.3, -0.25) is 0 Å². The normalized spacial score (nSPS) is 19.2. The monoisotopic (exact) mass is 282 g/mol. The zero-order chi connectivity index (χ0) is 12.7. The van der Waals surface area contributed by atoms with Crippen LogP contribution in [0.3, 0.4) is 0 Å². The molecule has 1 aromatic carbocycles. The SMILES string of the molecule is CCNC1CCCc2[nH]c3c(Cl)cc(Cl)cc3c21. The summed E-state index contributed by atoms with van der Waals surface area (Å²) >= 11 is 12.4. The van der Waals surface area contributed by atoms with E-state index in [9.17, 15) is 0 Å². The first-order valence-corrected chi connectivity index (χ1v) is 7.19. The van der Waals surface area contributed by atoms with Gasteiger partial charge in [0.1, 0.15) is 0 Å². The standard InChI is InChI=1S/C14H16Cl2N2/c1-2-17-11-4-3-5-12-13(11)9-6-8(15)7-10(16)14(9)18-12/h6-7,11,17-18H,2-5H2,1H3. The molecule has 0 saturated carbocycles. The quantitative estimate of drug-likeness (QED) is 0.836. The number of aryl methyl sites for hydroxylation is 1. The number of nitrogens with one attached hydrogen (secondary N) is 2. The van der Waals surface area contributed by atoms with Crippen molar-refractivity contribution in [2.24, 2.45) is 0 Å². The van der Waals surface area contributed by atoms with Gasteiger partial charge in [0, 0.05) is 22.1 Å². The van der Waals surface area contributed by atoms with Gasteiger partial charge >= 0.3 is 0 Å². The van der Waals surface area contributed by atoms with Crippen LogP contribution in [0.1, 0.15) is 37.1 Å². The Labute approximate surface area is 117 Å². The molecule has 1 aromatic heterocycles. The van der Waals surface area contributed by atoms with Gasteiger partial charge in [-0.05, 0) is 43.5 Å². The van der Waals surface area contributed by atoms with E-state index in [-0.39, 0.29) is 0 Å². The number of hydrogen-bond donors (Lipinski definition) is 2. The molecule has 4 heteroatoms. The van der Waals surface area contributed by atoms with Gasteiger partial charge in [0.25, 0.3) is 0 Å². The first kappa shape index (κ1) is 12.3. The Morgan fingerprint density at radius 2 is 2.22 bits per heavy atom. The molecule has 1 atom stereocenters. The summed E-state index contributed by atoms with van der Waals surface area (Å²) in [6.45, 7) is 3.12. The van der Waals surface area contributed by atoms with Crippen LogP contribution in [0, 0.1) is 0 Å². The van der Waals surface area contributed by atoms with Gasteiger partial charge in [0.15, 0.2) is 0 Å². The summed E-state index contributed by atoms with van der Waals surface area (Å²) in [6, 6.07) is 4.24. The minimum absolute atomic E-state index is 0.419. The molecule has 1 unspecified atom stereocenters. The largest absolute Gasteiger partial charge is 0.357 e. The number of aromatic amines is 1. The van der Waals surface area contributed by atoms with Crippen LogP contribution < -0.4 is 5.32 Å². The molecule has 0 saturated heterocycles. The lowest BCUT2D eigenvalue weighted by Gasteiger charge is -2.23. The topological polar surface area (TPSA) is 27.8 Å². The van der Waals surface area contributed by atoms with Crippen molar-refractivity contribution in [2.75, 3.05) is 6.54 Å². The highest BCUT2D eigenvalue weighted by molar-refractivity contribution is 6.38. The summed E-state index contributed by atoms with van der Waals surface area (Å²) in [6.07, 6.45) is 3.49. The van der Waals surface area contributed by atoms with E-state index < -0.39 is 0 Å². The Morgan fingerprint density at radius 3 is 3.00 bits per heavy atom. The van der Waals surface area contributed by atoms with Crippen LogP contribution in [0.2, 0.25) is 10.0 Å². The van der Waals surface area contributed by atoms with Crippen molar-refractivity contribution < 1.29 is 0 Å². The molecule has 1 heterocycles. The fourth-order valence-electron chi connectivity index (χ4n) is 2.97. The van der Waals surface area contributed by atoms with Crippen molar-refractivity contribution in [3.8, 4) is 0 Å². The number of halogens is 2. The zero-order valence-corrected chi connectivity index (χ0v) is 11.8. The smallest absolute Gasteiger partial charge is 0.0662 e. The lowest BCUT2D eigenvalue weighted by atomic mass is 9.91. The van der Waals surface area contributed by atoms with Gasteiger partial charge in [-0.2, -0.15) is 0 Å². The molecule has 1 aliphatic carbocycles. The molecule has 2 nitrogen and oxygen atoms in total. The van der Waals surface area contributed by atoms with Crippen molar-refractivity contribution in [1.29, 1.82) is 0 Å². The second-order valence-corrected chi connectivity index (χ2v) is 5.67. The van der Waals surface area contributed by atoms with Crippen molar-refractivity contribution in [3.63, 3.8) is 0 Å². The first-order chi connectivity index (χ1) is 8.70. The summed E-state index contributed by atoms with van der Waals surface area (Å²) in [5.41, 5.74) is 3.70. The first-order valence-electron chi connectivity index (χ1n) is 6.43. The van der Waals surface area contributed by atoms with Gasteiger partial charge < -0.3 is 10.3 Å². The van der Waals surface area contributed by atoms with Crippen molar-refractivity contribution in [2.45, 2.75) is 32.2 Å². The Balaban J connectivity index is 2.23. The zero-order valence-electron chi connectivity index (χ0n) is 10.3. The van der Waals surface area contributed by atoms with Crippen LogP contribution in [-0.4, -0.2) is 11.5 Å². The van der Waals surface area contributed by atoms with Crippen LogP contribution in [0.5, 0.6) is 0 Å². The summed E-state index contributed by atoms with van der Waals surface area (Å²) in [7, 11) is 0. The lowest BCUT2D eigenvalue weighted by Crippen LogP contribution is -2.24. The molecule has 0 fully saturated rings. The van der Waals surface area contributed by atoms with Crippen molar-refractivity contribution in [3.05, 3.63) is 33.4 Å². The third-order valence-electron chi connectivity index (χ3n) is 3.66. The molecular formula is C14H16Cl2N2. The van der Waals surface area contributed by atoms with E-state index in [1.165, 1.54) is 29.5 Å². The molecule has 0 bridgehead atoms. The minimum Gasteiger partial charge on any atom is -0.357 e. The summed E-state index contributed by atoms with van der Waals surface area (Å²) in [4.78, 5) is 3.47. The molecule has 0 aliphatic heterocycles. The van der Waals surface area contributed by atoms with Crippen LogP contribution in [0.15, 0.2) is 12.1 Å². The van der Waals surface area contributed by atoms with E-state index in [1.807, 2.05) is 6.07 Å². The third-order valence-corrected chi connectivity index (χ3v) is 4.18. The molecular weight excluding hydrogens is 267 g/mol. The minimum atomic E-state index is 0.419. The van der Waals surface area contributed by atoms with E-state index >= 15 is 0 Å². The molecule has 2 aromatic rings. The number of rotatable bonds is 2. The molecule has 3 rings (SSSR count). The van der Waals surface area contributed by atoms with Crippen LogP contribution in [0.4, 0.5) is 0 Å². The predicted octanol–water partition coefficient (Wildman–Crippen LogP) is 4.46. The summed E-state index contributed by atoms with van der Waals surface area (Å²) in [5, 5.41) is 6.14. The summed E-state index contributed by atoms with van der Waals surface area (Å²) in [5.74, 6) is 0. The number of H-pyrrole nitrogens is 1. The molecule has 18 heavy (non-hydrogen) atoms. The lowest BCUT2D eigenvalue weighted by molar-refractivity contribution is 0.473. The Kier molecular flexibility index (Phi) is 3.27. The molecule has 96 valence electrons. The molecule has 0 radical (unpaired) electrons. The summed E-state index contributed by atoms with van der Waals surface area (Å²) < 4.78 is 0. The predicted molar refractivity (Wildman–Crippen MR) is 77.7 cm³/mol. The molecule has 0 spiro atoms. The second kappa shape index (κ2) is 4.76. The average molecular weight is 283 g/mol. The maximum atomic E-state index is 6.27. The van der Waals surface area contributed by atoms with Gasteiger partial charge in [0.05, 0.1) is 10.5 Å². The Bertz CT molecular complexity index is 589. The number of benzene rings is 1. The highest BCUT2D eigenvalue weighted by Crippen LogP contribution is 2.39. The van der Waals surface area contributed by atoms with E-state index in [2.05, 4.69) is 17.2 Å². The van der Waals surface area contributed by atoms with Gasteiger partial charge in [-0.25, -0.2) is 0 Å². The molecule has 1 aliphatic rings. The Hall–Kier alpha value is -0.700. The highest BCUT2D eigenvalue weighted by Gasteiger charge is 2.24. The van der Waals surface area contributed by atoms with E-state index in [0.29, 0.717) is 16.1 Å². The number of fused-ring (bicyclic) bond motifs is 3. The van der Waals surface area contributed by atoms with E-state index in [0.717, 1.165) is 18.5 Å². The maximum Gasteiger partial charge on any atom is 0.0662 e. The number of aromatic nitrogens is 1. The third kappa shape index (κ3) is 1.93.